The monoisotopic (exact) mass is 260 g/mol. The molecule has 0 spiro atoms. The SMILES string of the molecule is CCCCC=CC1(c2cc(O)cc(O)c2)CCCC1. The Balaban J connectivity index is 2.25. The van der Waals surface area contributed by atoms with Gasteiger partial charge < -0.3 is 10.2 Å². The molecule has 0 heterocycles. The van der Waals surface area contributed by atoms with Gasteiger partial charge in [0.05, 0.1) is 0 Å². The van der Waals surface area contributed by atoms with Gasteiger partial charge in [0.25, 0.3) is 0 Å². The maximum atomic E-state index is 9.69. The number of unbranched alkanes of at least 4 members (excludes halogenated alkanes) is 2. The zero-order valence-electron chi connectivity index (χ0n) is 11.7. The van der Waals surface area contributed by atoms with E-state index in [0.717, 1.165) is 24.8 Å². The first-order valence-electron chi connectivity index (χ1n) is 7.37. The molecule has 0 bridgehead atoms. The number of benzene rings is 1. The summed E-state index contributed by atoms with van der Waals surface area (Å²) < 4.78 is 0. The fraction of sp³-hybridized carbons (Fsp3) is 0.529. The van der Waals surface area contributed by atoms with Crippen LogP contribution in [0.4, 0.5) is 0 Å². The van der Waals surface area contributed by atoms with Gasteiger partial charge in [0.15, 0.2) is 0 Å². The van der Waals surface area contributed by atoms with Gasteiger partial charge in [-0.2, -0.15) is 0 Å². The second-order valence-corrected chi connectivity index (χ2v) is 5.65. The van der Waals surface area contributed by atoms with Crippen molar-refractivity contribution < 1.29 is 10.2 Å². The lowest BCUT2D eigenvalue weighted by molar-refractivity contribution is 0.443. The summed E-state index contributed by atoms with van der Waals surface area (Å²) in [5.41, 5.74) is 1.07. The Morgan fingerprint density at radius 1 is 1.11 bits per heavy atom. The van der Waals surface area contributed by atoms with E-state index in [2.05, 4.69) is 19.1 Å². The first-order valence-corrected chi connectivity index (χ1v) is 7.37. The van der Waals surface area contributed by atoms with Gasteiger partial charge in [0.1, 0.15) is 11.5 Å². The minimum Gasteiger partial charge on any atom is -0.508 e. The molecule has 2 N–H and O–H groups in total. The molecule has 2 heteroatoms. The van der Waals surface area contributed by atoms with Crippen LogP contribution in [0.3, 0.4) is 0 Å². The maximum Gasteiger partial charge on any atom is 0.119 e. The van der Waals surface area contributed by atoms with Crippen molar-refractivity contribution in [1.29, 1.82) is 0 Å². The van der Waals surface area contributed by atoms with Gasteiger partial charge in [0.2, 0.25) is 0 Å². The highest BCUT2D eigenvalue weighted by atomic mass is 16.3. The number of rotatable bonds is 5. The van der Waals surface area contributed by atoms with Gasteiger partial charge in [-0.25, -0.2) is 0 Å². The summed E-state index contributed by atoms with van der Waals surface area (Å²) in [6.45, 7) is 2.20. The van der Waals surface area contributed by atoms with E-state index in [1.165, 1.54) is 31.7 Å². The van der Waals surface area contributed by atoms with E-state index < -0.39 is 0 Å². The normalized spacial score (nSPS) is 18.2. The standard InChI is InChI=1S/C17H24O2/c1-2-3-4-5-8-17(9-6-7-10-17)14-11-15(18)13-16(19)12-14/h5,8,11-13,18-19H,2-4,6-7,9-10H2,1H3. The molecule has 1 fully saturated rings. The van der Waals surface area contributed by atoms with Gasteiger partial charge in [-0.05, 0) is 37.0 Å². The first-order chi connectivity index (χ1) is 9.16. The van der Waals surface area contributed by atoms with E-state index in [-0.39, 0.29) is 16.9 Å². The van der Waals surface area contributed by atoms with Crippen LogP contribution in [0.2, 0.25) is 0 Å². The number of allylic oxidation sites excluding steroid dienone is 2. The molecule has 0 radical (unpaired) electrons. The summed E-state index contributed by atoms with van der Waals surface area (Å²) in [4.78, 5) is 0. The van der Waals surface area contributed by atoms with Crippen molar-refractivity contribution in [3.63, 3.8) is 0 Å². The molecule has 0 atom stereocenters. The highest BCUT2D eigenvalue weighted by molar-refractivity contribution is 5.43. The van der Waals surface area contributed by atoms with Crippen LogP contribution in [0.1, 0.15) is 57.4 Å². The molecule has 0 saturated heterocycles. The average Bonchev–Trinajstić information content (AvgIpc) is 2.84. The Bertz CT molecular complexity index is 422. The Morgan fingerprint density at radius 2 is 1.74 bits per heavy atom. The molecule has 104 valence electrons. The van der Waals surface area contributed by atoms with Crippen LogP contribution in [-0.4, -0.2) is 10.2 Å². The molecule has 1 aliphatic rings. The van der Waals surface area contributed by atoms with Crippen molar-refractivity contribution in [2.75, 3.05) is 0 Å². The zero-order chi connectivity index (χ0) is 13.7. The molecule has 1 saturated carbocycles. The van der Waals surface area contributed by atoms with Crippen LogP contribution < -0.4 is 0 Å². The van der Waals surface area contributed by atoms with E-state index in [9.17, 15) is 10.2 Å². The molecule has 0 aliphatic heterocycles. The molecule has 1 aliphatic carbocycles. The fourth-order valence-corrected chi connectivity index (χ4v) is 3.07. The number of hydrogen-bond donors (Lipinski definition) is 2. The lowest BCUT2D eigenvalue weighted by atomic mass is 9.78. The third-order valence-electron chi connectivity index (χ3n) is 4.13. The first kappa shape index (κ1) is 14.0. The zero-order valence-corrected chi connectivity index (χ0v) is 11.7. The fourth-order valence-electron chi connectivity index (χ4n) is 3.07. The molecule has 1 aromatic rings. The lowest BCUT2D eigenvalue weighted by Crippen LogP contribution is -2.18. The van der Waals surface area contributed by atoms with E-state index in [1.54, 1.807) is 12.1 Å². The highest BCUT2D eigenvalue weighted by Gasteiger charge is 2.33. The summed E-state index contributed by atoms with van der Waals surface area (Å²) in [5.74, 6) is 0.312. The minimum absolute atomic E-state index is 0.0178. The molecule has 19 heavy (non-hydrogen) atoms. The molecule has 2 nitrogen and oxygen atoms in total. The number of aromatic hydroxyl groups is 2. The molecular weight excluding hydrogens is 236 g/mol. The van der Waals surface area contributed by atoms with Gasteiger partial charge in [-0.15, -0.1) is 0 Å². The summed E-state index contributed by atoms with van der Waals surface area (Å²) in [5, 5.41) is 19.4. The number of hydrogen-bond acceptors (Lipinski definition) is 2. The predicted molar refractivity (Wildman–Crippen MR) is 78.6 cm³/mol. The second kappa shape index (κ2) is 6.14. The number of phenols is 2. The lowest BCUT2D eigenvalue weighted by Gasteiger charge is -2.26. The predicted octanol–water partition coefficient (Wildman–Crippen LogP) is 4.66. The van der Waals surface area contributed by atoms with Crippen LogP contribution in [0, 0.1) is 0 Å². The van der Waals surface area contributed by atoms with Crippen LogP contribution in [-0.2, 0) is 5.41 Å². The Labute approximate surface area is 115 Å². The number of phenolic OH excluding ortho intramolecular Hbond substituents is 2. The van der Waals surface area contributed by atoms with Gasteiger partial charge >= 0.3 is 0 Å². The topological polar surface area (TPSA) is 40.5 Å². The molecule has 0 unspecified atom stereocenters. The van der Waals surface area contributed by atoms with Crippen molar-refractivity contribution in [3.8, 4) is 11.5 Å². The molecule has 1 aromatic carbocycles. The van der Waals surface area contributed by atoms with Crippen LogP contribution >= 0.6 is 0 Å². The van der Waals surface area contributed by atoms with Crippen molar-refractivity contribution in [3.05, 3.63) is 35.9 Å². The van der Waals surface area contributed by atoms with Gasteiger partial charge in [0, 0.05) is 11.5 Å². The van der Waals surface area contributed by atoms with E-state index in [0.29, 0.717) is 0 Å². The Hall–Kier alpha value is -1.44. The third-order valence-corrected chi connectivity index (χ3v) is 4.13. The summed E-state index contributed by atoms with van der Waals surface area (Å²) >= 11 is 0. The van der Waals surface area contributed by atoms with Crippen LogP contribution in [0.25, 0.3) is 0 Å². The largest absolute Gasteiger partial charge is 0.508 e. The molecule has 0 aromatic heterocycles. The molecule has 2 rings (SSSR count). The van der Waals surface area contributed by atoms with Crippen molar-refractivity contribution in [2.24, 2.45) is 0 Å². The molecular formula is C17H24O2. The van der Waals surface area contributed by atoms with E-state index in [4.69, 9.17) is 0 Å². The highest BCUT2D eigenvalue weighted by Crippen LogP contribution is 2.44. The Morgan fingerprint density at radius 3 is 2.32 bits per heavy atom. The average molecular weight is 260 g/mol. The summed E-state index contributed by atoms with van der Waals surface area (Å²) in [6.07, 6.45) is 12.8. The van der Waals surface area contributed by atoms with Crippen LogP contribution in [0.15, 0.2) is 30.4 Å². The summed E-state index contributed by atoms with van der Waals surface area (Å²) in [7, 11) is 0. The van der Waals surface area contributed by atoms with E-state index >= 15 is 0 Å². The smallest absolute Gasteiger partial charge is 0.119 e. The quantitative estimate of drug-likeness (QED) is 0.597. The van der Waals surface area contributed by atoms with Gasteiger partial charge in [-0.1, -0.05) is 44.8 Å². The van der Waals surface area contributed by atoms with Crippen molar-refractivity contribution >= 4 is 0 Å². The second-order valence-electron chi connectivity index (χ2n) is 5.65. The molecule has 0 amide bonds. The third kappa shape index (κ3) is 3.31. The van der Waals surface area contributed by atoms with Crippen LogP contribution in [0.5, 0.6) is 11.5 Å². The van der Waals surface area contributed by atoms with Crippen molar-refractivity contribution in [1.82, 2.24) is 0 Å². The maximum absolute atomic E-state index is 9.69. The Kier molecular flexibility index (Phi) is 4.52. The minimum atomic E-state index is 0.0178. The van der Waals surface area contributed by atoms with Gasteiger partial charge in [-0.3, -0.25) is 0 Å². The summed E-state index contributed by atoms with van der Waals surface area (Å²) in [6, 6.07) is 5.00. The van der Waals surface area contributed by atoms with E-state index in [1.807, 2.05) is 0 Å². The van der Waals surface area contributed by atoms with Crippen molar-refractivity contribution in [2.45, 2.75) is 57.3 Å².